The molecular weight excluding hydrogens is 140 g/mol. The second kappa shape index (κ2) is 1.72. The van der Waals surface area contributed by atoms with E-state index in [-0.39, 0.29) is 0 Å². The van der Waals surface area contributed by atoms with Crippen LogP contribution in [-0.2, 0) is 0 Å². The summed E-state index contributed by atoms with van der Waals surface area (Å²) in [5.74, 6) is 1.56. The first-order valence-corrected chi connectivity index (χ1v) is 4.04. The first-order chi connectivity index (χ1) is 5.45. The van der Waals surface area contributed by atoms with Crippen LogP contribution in [0.2, 0.25) is 0 Å². The Balaban J connectivity index is 2.01. The van der Waals surface area contributed by atoms with Gasteiger partial charge in [0, 0.05) is 5.92 Å². The third-order valence-electron chi connectivity index (χ3n) is 2.55. The summed E-state index contributed by atoms with van der Waals surface area (Å²) in [7, 11) is 0. The molecule has 0 saturated heterocycles. The molecule has 2 heterocycles. The summed E-state index contributed by atoms with van der Waals surface area (Å²) in [5, 5.41) is 6.01. The minimum absolute atomic E-state index is 0.302. The summed E-state index contributed by atoms with van der Waals surface area (Å²) in [6.07, 6.45) is 7.07. The van der Waals surface area contributed by atoms with Crippen LogP contribution < -0.4 is 4.74 Å². The van der Waals surface area contributed by atoms with Crippen molar-refractivity contribution in [2.75, 3.05) is 0 Å². The monoisotopic (exact) mass is 150 g/mol. The average molecular weight is 150 g/mol. The zero-order valence-electron chi connectivity index (χ0n) is 6.13. The van der Waals surface area contributed by atoms with Crippen molar-refractivity contribution in [2.45, 2.75) is 24.9 Å². The van der Waals surface area contributed by atoms with Crippen LogP contribution in [0.25, 0.3) is 0 Å². The third kappa shape index (κ3) is 0.582. The van der Waals surface area contributed by atoms with Crippen LogP contribution in [0.15, 0.2) is 12.2 Å². The van der Waals surface area contributed by atoms with Gasteiger partial charge in [-0.05, 0) is 18.9 Å². The summed E-state index contributed by atoms with van der Waals surface area (Å²) in [5.41, 5.74) is 1.28. The molecule has 0 saturated carbocycles. The van der Waals surface area contributed by atoms with E-state index in [1.54, 1.807) is 0 Å². The third-order valence-corrected chi connectivity index (χ3v) is 2.55. The molecule has 3 nitrogen and oxygen atoms in total. The summed E-state index contributed by atoms with van der Waals surface area (Å²) >= 11 is 0. The number of aromatic amines is 2. The number of nitrogens with one attached hydrogen (secondary N) is 2. The zero-order valence-corrected chi connectivity index (χ0v) is 6.13. The maximum absolute atomic E-state index is 5.58. The van der Waals surface area contributed by atoms with Gasteiger partial charge in [-0.25, -0.2) is 0 Å². The van der Waals surface area contributed by atoms with Crippen molar-refractivity contribution >= 4 is 0 Å². The number of allylic oxidation sites excluding steroid dienone is 1. The summed E-state index contributed by atoms with van der Waals surface area (Å²) in [6.45, 7) is 0. The van der Waals surface area contributed by atoms with Gasteiger partial charge >= 0.3 is 0 Å². The van der Waals surface area contributed by atoms with Crippen LogP contribution in [0.4, 0.5) is 0 Å². The minimum Gasteiger partial charge on any atom is -0.468 e. The SMILES string of the molecule is C1=CC2Oc3[nH][nH]c3C2CC1. The van der Waals surface area contributed by atoms with Crippen molar-refractivity contribution in [1.82, 2.24) is 10.2 Å². The second-order valence-corrected chi connectivity index (χ2v) is 3.19. The van der Waals surface area contributed by atoms with E-state index >= 15 is 0 Å². The van der Waals surface area contributed by atoms with Gasteiger partial charge in [0.25, 0.3) is 0 Å². The lowest BCUT2D eigenvalue weighted by Crippen LogP contribution is -2.18. The van der Waals surface area contributed by atoms with E-state index < -0.39 is 0 Å². The minimum atomic E-state index is 0.302. The standard InChI is InChI=1S/C8H10N2O/c1-2-4-6-5(3-1)7-8(11-6)10-9-7/h2,4-6,9-10H,1,3H2. The molecule has 0 bridgehead atoms. The molecule has 3 heteroatoms. The summed E-state index contributed by atoms with van der Waals surface area (Å²) < 4.78 is 5.58. The molecule has 1 aromatic heterocycles. The predicted octanol–water partition coefficient (Wildman–Crippen LogP) is 1.54. The normalized spacial score (nSPS) is 33.1. The Hall–Kier alpha value is -1.12. The Kier molecular flexibility index (Phi) is 0.866. The number of rotatable bonds is 0. The van der Waals surface area contributed by atoms with Gasteiger partial charge in [-0.15, -0.1) is 0 Å². The fourth-order valence-corrected chi connectivity index (χ4v) is 1.91. The molecule has 1 aliphatic carbocycles. The summed E-state index contributed by atoms with van der Waals surface area (Å²) in [4.78, 5) is 0. The highest BCUT2D eigenvalue weighted by Gasteiger charge is 2.36. The molecule has 2 N–H and O–H groups in total. The molecule has 0 amide bonds. The molecule has 0 spiro atoms. The van der Waals surface area contributed by atoms with E-state index in [4.69, 9.17) is 4.74 Å². The summed E-state index contributed by atoms with van der Waals surface area (Å²) in [6, 6.07) is 0. The molecule has 1 aliphatic heterocycles. The Bertz CT molecular complexity index is 297. The molecule has 0 aromatic carbocycles. The Morgan fingerprint density at radius 2 is 2.45 bits per heavy atom. The van der Waals surface area contributed by atoms with Gasteiger partial charge in [0.15, 0.2) is 0 Å². The smallest absolute Gasteiger partial charge is 0.228 e. The lowest BCUT2D eigenvalue weighted by Gasteiger charge is -2.17. The molecule has 0 fully saturated rings. The maximum atomic E-state index is 5.58. The van der Waals surface area contributed by atoms with Crippen LogP contribution in [0.1, 0.15) is 24.5 Å². The van der Waals surface area contributed by atoms with Gasteiger partial charge in [-0.1, -0.05) is 6.08 Å². The van der Waals surface area contributed by atoms with Crippen molar-refractivity contribution < 1.29 is 4.74 Å². The van der Waals surface area contributed by atoms with Gasteiger partial charge in [-0.3, -0.25) is 10.2 Å². The Labute approximate surface area is 64.4 Å². The van der Waals surface area contributed by atoms with E-state index in [0.29, 0.717) is 12.0 Å². The lowest BCUT2D eigenvalue weighted by molar-refractivity contribution is 0.238. The fraction of sp³-hybridized carbons (Fsp3) is 0.500. The largest absolute Gasteiger partial charge is 0.468 e. The predicted molar refractivity (Wildman–Crippen MR) is 40.7 cm³/mol. The van der Waals surface area contributed by atoms with Crippen molar-refractivity contribution in [3.8, 4) is 5.88 Å². The quantitative estimate of drug-likeness (QED) is 0.541. The first-order valence-electron chi connectivity index (χ1n) is 4.04. The maximum Gasteiger partial charge on any atom is 0.228 e. The number of aromatic nitrogens is 2. The van der Waals surface area contributed by atoms with Crippen molar-refractivity contribution in [3.05, 3.63) is 17.8 Å². The topological polar surface area (TPSA) is 40.8 Å². The van der Waals surface area contributed by atoms with Gasteiger partial charge in [0.05, 0.1) is 0 Å². The molecule has 1 aromatic rings. The highest BCUT2D eigenvalue weighted by Crippen LogP contribution is 2.41. The van der Waals surface area contributed by atoms with Gasteiger partial charge in [0.2, 0.25) is 5.88 Å². The highest BCUT2D eigenvalue weighted by molar-refractivity contribution is 5.33. The molecule has 0 radical (unpaired) electrons. The van der Waals surface area contributed by atoms with Crippen LogP contribution in [0, 0.1) is 0 Å². The van der Waals surface area contributed by atoms with Crippen molar-refractivity contribution in [2.24, 2.45) is 0 Å². The van der Waals surface area contributed by atoms with Crippen LogP contribution in [0.5, 0.6) is 5.88 Å². The van der Waals surface area contributed by atoms with Crippen LogP contribution in [0.3, 0.4) is 0 Å². The van der Waals surface area contributed by atoms with Gasteiger partial charge in [0.1, 0.15) is 11.8 Å². The molecule has 58 valence electrons. The average Bonchev–Trinajstić information content (AvgIpc) is 2.23. The highest BCUT2D eigenvalue weighted by atomic mass is 16.5. The molecule has 2 atom stereocenters. The van der Waals surface area contributed by atoms with E-state index in [1.165, 1.54) is 18.5 Å². The van der Waals surface area contributed by atoms with E-state index in [0.717, 1.165) is 5.88 Å². The molecule has 11 heavy (non-hydrogen) atoms. The Morgan fingerprint density at radius 1 is 1.45 bits per heavy atom. The molecule has 2 unspecified atom stereocenters. The van der Waals surface area contributed by atoms with Gasteiger partial charge in [-0.2, -0.15) is 0 Å². The van der Waals surface area contributed by atoms with Crippen LogP contribution in [-0.4, -0.2) is 16.3 Å². The van der Waals surface area contributed by atoms with E-state index in [9.17, 15) is 0 Å². The van der Waals surface area contributed by atoms with Crippen LogP contribution >= 0.6 is 0 Å². The van der Waals surface area contributed by atoms with Gasteiger partial charge < -0.3 is 4.74 Å². The number of H-pyrrole nitrogens is 2. The Morgan fingerprint density at radius 3 is 3.27 bits per heavy atom. The number of hydrogen-bond acceptors (Lipinski definition) is 1. The lowest BCUT2D eigenvalue weighted by atomic mass is 9.90. The fourth-order valence-electron chi connectivity index (χ4n) is 1.91. The second-order valence-electron chi connectivity index (χ2n) is 3.19. The number of fused-ring (bicyclic) bond motifs is 3. The first kappa shape index (κ1) is 5.52. The molecule has 2 aliphatic rings. The zero-order chi connectivity index (χ0) is 7.26. The number of hydrogen-bond donors (Lipinski definition) is 2. The van der Waals surface area contributed by atoms with E-state index in [1.807, 2.05) is 0 Å². The van der Waals surface area contributed by atoms with Crippen molar-refractivity contribution in [1.29, 1.82) is 0 Å². The molecular formula is C8H10N2O. The number of ether oxygens (including phenoxy) is 1. The van der Waals surface area contributed by atoms with Crippen molar-refractivity contribution in [3.63, 3.8) is 0 Å². The van der Waals surface area contributed by atoms with E-state index in [2.05, 4.69) is 22.3 Å². The molecule has 3 rings (SSSR count).